The van der Waals surface area contributed by atoms with Crippen LogP contribution in [0.2, 0.25) is 0 Å². The van der Waals surface area contributed by atoms with Gasteiger partial charge >= 0.3 is 19.8 Å². The number of benzene rings is 6. The molecule has 0 spiro atoms. The van der Waals surface area contributed by atoms with E-state index in [1.807, 2.05) is 148 Å². The van der Waals surface area contributed by atoms with Crippen molar-refractivity contribution in [2.45, 2.75) is 54.3 Å². The predicted molar refractivity (Wildman–Crippen MR) is 509 cm³/mol. The molecule has 40 heteroatoms. The second kappa shape index (κ2) is 51.6. The van der Waals surface area contributed by atoms with Crippen LogP contribution in [0, 0.1) is 39.1 Å². The molecule has 15 N–H and O–H groups in total. The Balaban J connectivity index is 0.000000172. The first-order valence-electron chi connectivity index (χ1n) is 42.1. The van der Waals surface area contributed by atoms with E-state index in [1.54, 1.807) is 60.9 Å². The number of aromatic nitrogens is 8. The molecule has 0 bridgehead atoms. The van der Waals surface area contributed by atoms with Gasteiger partial charge in [0.1, 0.15) is 78.5 Å². The van der Waals surface area contributed by atoms with E-state index in [0.717, 1.165) is 84.8 Å². The van der Waals surface area contributed by atoms with Gasteiger partial charge in [0.2, 0.25) is 11.9 Å². The summed E-state index contributed by atoms with van der Waals surface area (Å²) < 4.78 is 52.3. The number of nitrogens with one attached hydrogen (secondary N) is 8. The molecule has 0 unspecified atom stereocenters. The van der Waals surface area contributed by atoms with Gasteiger partial charge in [-0.2, -0.15) is 20.3 Å². The van der Waals surface area contributed by atoms with Gasteiger partial charge in [-0.3, -0.25) is 26.2 Å². The van der Waals surface area contributed by atoms with E-state index >= 15 is 0 Å². The lowest BCUT2D eigenvalue weighted by molar-refractivity contribution is -0.117. The van der Waals surface area contributed by atoms with Crippen LogP contribution in [0.1, 0.15) is 68.9 Å². The summed E-state index contributed by atoms with van der Waals surface area (Å²) in [6, 6.07) is 56.9. The van der Waals surface area contributed by atoms with E-state index < -0.39 is 13.8 Å². The number of hydrogen-bond donors (Lipinski definition) is 12. The molecule has 0 aliphatic carbocycles. The Kier molecular flexibility index (Phi) is 38.0. The van der Waals surface area contributed by atoms with E-state index in [1.165, 1.54) is 29.2 Å². The molecular formula is C91H109N28O11P. The predicted octanol–water partition coefficient (Wildman–Crippen LogP) is 9.77. The van der Waals surface area contributed by atoms with E-state index in [9.17, 15) is 14.2 Å². The molecule has 4 saturated heterocycles. The molecule has 0 saturated carbocycles. The number of para-hydroxylation sites is 2. The van der Waals surface area contributed by atoms with Crippen molar-refractivity contribution in [3.8, 4) is 23.7 Å². The van der Waals surface area contributed by atoms with Gasteiger partial charge in [0, 0.05) is 102 Å². The normalized spacial score (nSPS) is 14.3. The van der Waals surface area contributed by atoms with Crippen molar-refractivity contribution in [3.05, 3.63) is 263 Å². The number of ether oxygens (including phenoxy) is 5. The zero-order valence-electron chi connectivity index (χ0n) is 73.5. The molecule has 3 amide bonds. The van der Waals surface area contributed by atoms with Gasteiger partial charge < -0.3 is 90.6 Å². The largest absolute Gasteiger partial charge is 0.544 e. The van der Waals surface area contributed by atoms with Crippen molar-refractivity contribution in [2.24, 2.45) is 37.3 Å². The molecule has 131 heavy (non-hydrogen) atoms. The highest BCUT2D eigenvalue weighted by Gasteiger charge is 2.31. The number of aryl methyl sites for hydroxylation is 4. The number of hydrogen-bond acceptors (Lipinski definition) is 32. The third-order valence-electron chi connectivity index (χ3n) is 18.9. The highest BCUT2D eigenvalue weighted by molar-refractivity contribution is 7.53. The molecule has 4 aliphatic rings. The van der Waals surface area contributed by atoms with Crippen molar-refractivity contribution in [3.63, 3.8) is 0 Å². The van der Waals surface area contributed by atoms with E-state index in [4.69, 9.17) is 65.3 Å². The SMILES string of the molecule is CC(=O)NC(=NCc1nc(N/C=C/c2ccc(C)cc2)cc(N2CCOCC2)n1)NC#N.Cc1ccc(/C=C/Nc2cc(N3CCOCC3)nc(CN=C(N)NC(N)=O)n2)cc1.Cc1ccc(/C=C/Nc2cc(N3CCOCC3)nc(CN=C(N)NP(=O)(Oc3ccccc3)Oc3ccccc3)n2)cc1.Cc1cccc(/C=N/Nc2cc(N3CCOCC3)nc(OCCO)n2)c1. The van der Waals surface area contributed by atoms with Gasteiger partial charge in [0.05, 0.1) is 65.7 Å². The van der Waals surface area contributed by atoms with Crippen molar-refractivity contribution < 1.29 is 52.0 Å². The first-order valence-corrected chi connectivity index (χ1v) is 43.7. The Hall–Kier alpha value is -15.2. The van der Waals surface area contributed by atoms with Crippen molar-refractivity contribution in [2.75, 3.05) is 159 Å². The van der Waals surface area contributed by atoms with Crippen LogP contribution in [0.3, 0.4) is 0 Å². The third-order valence-corrected chi connectivity index (χ3v) is 20.3. The molecule has 4 fully saturated rings. The number of hydrazone groups is 1. The Labute approximate surface area is 760 Å². The summed E-state index contributed by atoms with van der Waals surface area (Å²) in [6.07, 6.45) is 14.8. The zero-order chi connectivity index (χ0) is 92.2. The Morgan fingerprint density at radius 3 is 1.26 bits per heavy atom. The number of rotatable bonds is 30. The number of guanidine groups is 3. The number of primary amides is 1. The van der Waals surface area contributed by atoms with Crippen molar-refractivity contribution >= 4 is 109 Å². The molecule has 39 nitrogen and oxygen atoms in total. The van der Waals surface area contributed by atoms with Crippen LogP contribution in [0.4, 0.5) is 51.3 Å². The molecule has 0 atom stereocenters. The van der Waals surface area contributed by atoms with Gasteiger partial charge in [-0.25, -0.2) is 59.3 Å². The van der Waals surface area contributed by atoms with Gasteiger partial charge in [-0.15, -0.1) is 0 Å². The zero-order valence-corrected chi connectivity index (χ0v) is 74.4. The van der Waals surface area contributed by atoms with Gasteiger partial charge in [0.15, 0.2) is 41.4 Å². The van der Waals surface area contributed by atoms with E-state index in [-0.39, 0.29) is 62.6 Å². The third kappa shape index (κ3) is 34.5. The number of nitrogens with zero attached hydrogens (tertiary/aromatic N) is 17. The highest BCUT2D eigenvalue weighted by Crippen LogP contribution is 2.44. The molecule has 684 valence electrons. The fourth-order valence-electron chi connectivity index (χ4n) is 12.4. The average molecular weight is 1800 g/mol. The van der Waals surface area contributed by atoms with Crippen LogP contribution in [0.15, 0.2) is 221 Å². The number of carbonyl (C=O) groups excluding carboxylic acids is 2. The van der Waals surface area contributed by atoms with E-state index in [0.29, 0.717) is 118 Å². The fraction of sp³-hybridized carbons (Fsp3) is 0.286. The summed E-state index contributed by atoms with van der Waals surface area (Å²) in [5.74, 6) is 6.87. The molecule has 8 heterocycles. The van der Waals surface area contributed by atoms with E-state index in [2.05, 4.69) is 167 Å². The first kappa shape index (κ1) is 96.4. The molecule has 14 rings (SSSR count). The minimum Gasteiger partial charge on any atom is -0.461 e. The van der Waals surface area contributed by atoms with Crippen LogP contribution >= 0.6 is 7.75 Å². The van der Waals surface area contributed by atoms with Crippen LogP contribution in [-0.2, 0) is 47.9 Å². The number of amides is 3. The number of anilines is 8. The van der Waals surface area contributed by atoms with Gasteiger partial charge in [-0.05, 0) is 92.4 Å². The second-order valence-electron chi connectivity index (χ2n) is 29.3. The number of carbonyl (C=O) groups is 2. The number of aliphatic hydroxyl groups excluding tert-OH is 1. The second-order valence-corrected chi connectivity index (χ2v) is 30.9. The average Bonchev–Trinajstić information content (AvgIpc) is 0.852. The molecule has 6 aromatic carbocycles. The maximum absolute atomic E-state index is 13.8. The number of aliphatic imine (C=N–C) groups is 3. The summed E-state index contributed by atoms with van der Waals surface area (Å²) in [5.41, 5.74) is 28.8. The molecule has 0 radical (unpaired) electrons. The number of aliphatic hydroxyl groups is 1. The topological polar surface area (TPSA) is 500 Å². The lowest BCUT2D eigenvalue weighted by atomic mass is 10.1. The lowest BCUT2D eigenvalue weighted by Gasteiger charge is -2.28. The Bertz CT molecular complexity index is 5570. The van der Waals surface area contributed by atoms with Gasteiger partial charge in [0.25, 0.3) is 0 Å². The minimum atomic E-state index is -4.02. The quantitative estimate of drug-likeness (QED) is 0.00497. The first-order chi connectivity index (χ1) is 63.7. The van der Waals surface area contributed by atoms with Crippen molar-refractivity contribution in [1.82, 2.24) is 60.9 Å². The maximum atomic E-state index is 13.8. The Morgan fingerprint density at radius 2 is 0.870 bits per heavy atom. The number of nitrogens with two attached hydrogens (primary N) is 3. The molecule has 10 aromatic rings. The van der Waals surface area contributed by atoms with Crippen LogP contribution in [0.25, 0.3) is 18.2 Å². The monoisotopic (exact) mass is 1800 g/mol. The summed E-state index contributed by atoms with van der Waals surface area (Å²) in [4.78, 5) is 79.5. The van der Waals surface area contributed by atoms with Crippen molar-refractivity contribution in [1.29, 1.82) is 5.26 Å². The number of urea groups is 1. The summed E-state index contributed by atoms with van der Waals surface area (Å²) in [5, 5.41) is 41.4. The summed E-state index contributed by atoms with van der Waals surface area (Å²) in [7, 11) is -4.02. The smallest absolute Gasteiger partial charge is 0.461 e. The van der Waals surface area contributed by atoms with Crippen LogP contribution < -0.4 is 93.0 Å². The Morgan fingerprint density at radius 1 is 0.473 bits per heavy atom. The maximum Gasteiger partial charge on any atom is 0.544 e. The fourth-order valence-corrected chi connectivity index (χ4v) is 13.7. The van der Waals surface area contributed by atoms with Crippen LogP contribution in [-0.4, -0.2) is 199 Å². The summed E-state index contributed by atoms with van der Waals surface area (Å²) in [6.45, 7) is 20.7. The standard InChI is InChI=1S/C31H34N7O4P.C22H26N8O2.C20H26N8O2.C18H23N5O3/c1-24-12-14-25(15-13-24)16-17-33-28-22-30(38-18-20-40-21-19-38)36-29(35-28)23-34-31(32)37-43(39,41-26-8-4-2-5-9-26)42-27-10-6-3-7-11-27;1-16-3-5-18(6-4-16)7-8-24-19-13-21(30-9-11-32-12-10-30)29-20(28-19)14-25-22(26-15-23)27-17(2)31;1-14-2-4-15(5-3-14)6-7-23-16-12-18(28-8-10-30-11-9-28)26-17(25-16)13-24-19(21)27-20(22)29;1-14-3-2-4-15(11-14)13-19-22-16-12-17(23-5-8-25-9-6-23)21-18(20-16)26-10-7-24/h2-17,22H,18-21,23H2,1H3,(H,33,35,36)(H3,32,34,37,39);3-8,13H,9-12,14H2,1-2H3,(H,24,28,29)(H2,25,26,27,31);2-7,12H,8-11,13H2,1H3,(H,23,25,26)(H5,21,22,24,27,29);2-4,11-13,24H,5-10H2,1H3,(H,20,21,22)/b17-16+;8-7+;7-6+;19-13+. The summed E-state index contributed by atoms with van der Waals surface area (Å²) >= 11 is 0. The molecule has 4 aliphatic heterocycles. The lowest BCUT2D eigenvalue weighted by Crippen LogP contribution is -2.40. The van der Waals surface area contributed by atoms with Crippen LogP contribution in [0.5, 0.6) is 17.5 Å². The van der Waals surface area contributed by atoms with Gasteiger partial charge in [-0.1, -0.05) is 156 Å². The minimum absolute atomic E-state index is 0.0179. The number of morpholine rings is 4. The molecular weight excluding hydrogens is 1690 g/mol. The molecule has 4 aromatic heterocycles. The number of nitriles is 1. The highest BCUT2D eigenvalue weighted by atomic mass is 31.2.